The van der Waals surface area contributed by atoms with Gasteiger partial charge in [-0.1, -0.05) is 18.2 Å². The minimum absolute atomic E-state index is 0.152. The minimum atomic E-state index is -4.47. The second-order valence-electron chi connectivity index (χ2n) is 4.53. The van der Waals surface area contributed by atoms with E-state index in [1.54, 1.807) is 0 Å². The first-order valence-corrected chi connectivity index (χ1v) is 5.88. The molecular formula is C13H14F3NO. The summed E-state index contributed by atoms with van der Waals surface area (Å²) < 4.78 is 38.3. The fourth-order valence-electron chi connectivity index (χ4n) is 2.23. The van der Waals surface area contributed by atoms with Crippen LogP contribution in [0.3, 0.4) is 0 Å². The van der Waals surface area contributed by atoms with Gasteiger partial charge in [-0.2, -0.15) is 13.2 Å². The first-order chi connectivity index (χ1) is 8.48. The molecular weight excluding hydrogens is 243 g/mol. The van der Waals surface area contributed by atoms with E-state index in [1.165, 1.54) is 18.2 Å². The number of carbonyl (C=O) groups is 1. The van der Waals surface area contributed by atoms with E-state index in [0.29, 0.717) is 6.54 Å². The Morgan fingerprint density at radius 2 is 2.06 bits per heavy atom. The summed E-state index contributed by atoms with van der Waals surface area (Å²) in [6.07, 6.45) is -3.44. The zero-order valence-electron chi connectivity index (χ0n) is 9.76. The van der Waals surface area contributed by atoms with Crippen LogP contribution in [0.25, 0.3) is 0 Å². The number of benzene rings is 1. The van der Waals surface area contributed by atoms with Gasteiger partial charge in [0.25, 0.3) is 0 Å². The number of carbonyl (C=O) groups excluding carboxylic acids is 1. The molecule has 1 unspecified atom stereocenters. The molecule has 1 aliphatic rings. The summed E-state index contributed by atoms with van der Waals surface area (Å²) in [5, 5.41) is 3.10. The van der Waals surface area contributed by atoms with E-state index in [4.69, 9.17) is 0 Å². The summed E-state index contributed by atoms with van der Waals surface area (Å²) in [5.74, 6) is -0.268. The number of hydrogen-bond acceptors (Lipinski definition) is 2. The zero-order chi connectivity index (χ0) is 13.2. The summed E-state index contributed by atoms with van der Waals surface area (Å²) in [5.41, 5.74) is -1.04. The van der Waals surface area contributed by atoms with Crippen LogP contribution in [-0.4, -0.2) is 18.9 Å². The molecule has 1 heterocycles. The van der Waals surface area contributed by atoms with Crippen LogP contribution in [0.2, 0.25) is 0 Å². The summed E-state index contributed by atoms with van der Waals surface area (Å²) in [6, 6.07) is 4.99. The fraction of sp³-hybridized carbons (Fsp3) is 0.462. The van der Waals surface area contributed by atoms with Gasteiger partial charge in [0.2, 0.25) is 0 Å². The monoisotopic (exact) mass is 257 g/mol. The van der Waals surface area contributed by atoms with Gasteiger partial charge in [-0.25, -0.2) is 0 Å². The smallest absolute Gasteiger partial charge is 0.316 e. The van der Waals surface area contributed by atoms with Crippen molar-refractivity contribution in [3.63, 3.8) is 0 Å². The molecule has 1 saturated heterocycles. The standard InChI is InChI=1S/C13H14F3NO/c14-13(15,16)11-4-2-1-3-10(11)12(18)7-9-5-6-17-8-9/h1-4,9,17H,5-8H2. The third kappa shape index (κ3) is 2.90. The summed E-state index contributed by atoms with van der Waals surface area (Å²) in [7, 11) is 0. The molecule has 1 fully saturated rings. The Kier molecular flexibility index (Phi) is 3.71. The molecule has 1 aromatic rings. The van der Waals surface area contributed by atoms with E-state index in [9.17, 15) is 18.0 Å². The lowest BCUT2D eigenvalue weighted by Crippen LogP contribution is -2.17. The first kappa shape index (κ1) is 13.1. The maximum absolute atomic E-state index is 12.8. The summed E-state index contributed by atoms with van der Waals surface area (Å²) in [4.78, 5) is 11.9. The number of ketones is 1. The number of halogens is 3. The van der Waals surface area contributed by atoms with E-state index in [1.807, 2.05) is 0 Å². The fourth-order valence-corrected chi connectivity index (χ4v) is 2.23. The predicted octanol–water partition coefficient (Wildman–Crippen LogP) is 2.89. The highest BCUT2D eigenvalue weighted by atomic mass is 19.4. The van der Waals surface area contributed by atoms with Gasteiger partial charge in [-0.05, 0) is 31.5 Å². The largest absolute Gasteiger partial charge is 0.417 e. The van der Waals surface area contributed by atoms with Crippen LogP contribution in [0.4, 0.5) is 13.2 Å². The highest BCUT2D eigenvalue weighted by Crippen LogP contribution is 2.32. The molecule has 1 N–H and O–H groups in total. The van der Waals surface area contributed by atoms with E-state index < -0.39 is 17.5 Å². The van der Waals surface area contributed by atoms with Crippen LogP contribution in [0.5, 0.6) is 0 Å². The highest BCUT2D eigenvalue weighted by molar-refractivity contribution is 5.97. The number of nitrogens with one attached hydrogen (secondary N) is 1. The molecule has 0 aliphatic carbocycles. The van der Waals surface area contributed by atoms with Gasteiger partial charge in [0.05, 0.1) is 5.56 Å². The molecule has 0 amide bonds. The summed E-state index contributed by atoms with van der Waals surface area (Å²) in [6.45, 7) is 1.54. The van der Waals surface area contributed by atoms with Crippen LogP contribution in [0, 0.1) is 5.92 Å². The SMILES string of the molecule is O=C(CC1CCNC1)c1ccccc1C(F)(F)F. The van der Waals surface area contributed by atoms with Crippen LogP contribution in [-0.2, 0) is 6.18 Å². The molecule has 1 aromatic carbocycles. The second-order valence-corrected chi connectivity index (χ2v) is 4.53. The van der Waals surface area contributed by atoms with Crippen molar-refractivity contribution in [2.45, 2.75) is 19.0 Å². The van der Waals surface area contributed by atoms with Crippen molar-refractivity contribution in [3.05, 3.63) is 35.4 Å². The molecule has 2 nitrogen and oxygen atoms in total. The Morgan fingerprint density at radius 3 is 2.67 bits per heavy atom. The van der Waals surface area contributed by atoms with Gasteiger partial charge in [-0.3, -0.25) is 4.79 Å². The van der Waals surface area contributed by atoms with Crippen molar-refractivity contribution in [1.29, 1.82) is 0 Å². The van der Waals surface area contributed by atoms with Crippen LogP contribution >= 0.6 is 0 Å². The topological polar surface area (TPSA) is 29.1 Å². The molecule has 5 heteroatoms. The molecule has 0 spiro atoms. The van der Waals surface area contributed by atoms with Crippen molar-refractivity contribution in [2.24, 2.45) is 5.92 Å². The Hall–Kier alpha value is -1.36. The van der Waals surface area contributed by atoms with Crippen molar-refractivity contribution >= 4 is 5.78 Å². The quantitative estimate of drug-likeness (QED) is 0.843. The highest BCUT2D eigenvalue weighted by Gasteiger charge is 2.35. The number of rotatable bonds is 3. The first-order valence-electron chi connectivity index (χ1n) is 5.88. The third-order valence-electron chi connectivity index (χ3n) is 3.17. The zero-order valence-corrected chi connectivity index (χ0v) is 9.76. The predicted molar refractivity (Wildman–Crippen MR) is 61.4 cm³/mol. The minimum Gasteiger partial charge on any atom is -0.316 e. The number of hydrogen-bond donors (Lipinski definition) is 1. The summed E-state index contributed by atoms with van der Waals surface area (Å²) >= 11 is 0. The number of Topliss-reactive ketones (excluding diaryl/α,β-unsaturated/α-hetero) is 1. The molecule has 1 aliphatic heterocycles. The molecule has 0 saturated carbocycles. The van der Waals surface area contributed by atoms with Gasteiger partial charge in [0.1, 0.15) is 0 Å². The normalized spacial score (nSPS) is 20.1. The maximum atomic E-state index is 12.8. The van der Waals surface area contributed by atoms with Gasteiger partial charge >= 0.3 is 6.18 Å². The molecule has 2 rings (SSSR count). The average molecular weight is 257 g/mol. The lowest BCUT2D eigenvalue weighted by molar-refractivity contribution is -0.137. The van der Waals surface area contributed by atoms with Crippen molar-refractivity contribution < 1.29 is 18.0 Å². The Labute approximate surface area is 103 Å². The van der Waals surface area contributed by atoms with E-state index in [2.05, 4.69) is 5.32 Å². The molecule has 1 atom stereocenters. The number of alkyl halides is 3. The maximum Gasteiger partial charge on any atom is 0.417 e. The van der Waals surface area contributed by atoms with Gasteiger partial charge in [-0.15, -0.1) is 0 Å². The molecule has 0 aromatic heterocycles. The average Bonchev–Trinajstić information content (AvgIpc) is 2.80. The van der Waals surface area contributed by atoms with Crippen molar-refractivity contribution in [3.8, 4) is 0 Å². The van der Waals surface area contributed by atoms with Crippen molar-refractivity contribution in [1.82, 2.24) is 5.32 Å². The third-order valence-corrected chi connectivity index (χ3v) is 3.17. The molecule has 98 valence electrons. The lowest BCUT2D eigenvalue weighted by Gasteiger charge is -2.13. The van der Waals surface area contributed by atoms with Crippen LogP contribution in [0.15, 0.2) is 24.3 Å². The van der Waals surface area contributed by atoms with Gasteiger partial charge in [0.15, 0.2) is 5.78 Å². The van der Waals surface area contributed by atoms with E-state index in [0.717, 1.165) is 19.0 Å². The Balaban J connectivity index is 2.19. The molecule has 0 bridgehead atoms. The van der Waals surface area contributed by atoms with Crippen LogP contribution < -0.4 is 5.32 Å². The van der Waals surface area contributed by atoms with Crippen molar-refractivity contribution in [2.75, 3.05) is 13.1 Å². The van der Waals surface area contributed by atoms with Crippen LogP contribution in [0.1, 0.15) is 28.8 Å². The van der Waals surface area contributed by atoms with E-state index in [-0.39, 0.29) is 17.9 Å². The van der Waals surface area contributed by atoms with E-state index >= 15 is 0 Å². The second kappa shape index (κ2) is 5.10. The lowest BCUT2D eigenvalue weighted by atomic mass is 9.94. The molecule has 0 radical (unpaired) electrons. The van der Waals surface area contributed by atoms with Gasteiger partial charge in [0, 0.05) is 12.0 Å². The Bertz CT molecular complexity index is 436. The molecule has 18 heavy (non-hydrogen) atoms. The van der Waals surface area contributed by atoms with Gasteiger partial charge < -0.3 is 5.32 Å². The Morgan fingerprint density at radius 1 is 1.33 bits per heavy atom.